The fraction of sp³-hybridized carbons (Fsp3) is 0.167. The van der Waals surface area contributed by atoms with Crippen molar-refractivity contribution in [3.05, 3.63) is 59.6 Å². The van der Waals surface area contributed by atoms with E-state index in [0.717, 1.165) is 21.7 Å². The Hall–Kier alpha value is -2.93. The molecule has 3 heterocycles. The molecule has 1 aromatic carbocycles. The molecule has 0 aliphatic heterocycles. The first-order valence-corrected chi connectivity index (χ1v) is 8.74. The van der Waals surface area contributed by atoms with Crippen molar-refractivity contribution in [2.24, 2.45) is 7.05 Å². The van der Waals surface area contributed by atoms with Crippen LogP contribution in [0.25, 0.3) is 21.8 Å². The van der Waals surface area contributed by atoms with Crippen LogP contribution in [0.2, 0.25) is 0 Å². The van der Waals surface area contributed by atoms with Gasteiger partial charge in [0.1, 0.15) is 12.1 Å². The number of fused-ring (bicyclic) bond motifs is 1. The van der Waals surface area contributed by atoms with Crippen LogP contribution >= 0.6 is 11.3 Å². The SMILES string of the molecule is Cn1c(CNC(=O)Cc2coc(-c3cccs3)n2)nc2ccccc21. The van der Waals surface area contributed by atoms with Gasteiger partial charge >= 0.3 is 0 Å². The molecule has 0 aliphatic rings. The number of hydrogen-bond donors (Lipinski definition) is 1. The molecular weight excluding hydrogens is 336 g/mol. The van der Waals surface area contributed by atoms with E-state index in [1.165, 1.54) is 6.26 Å². The van der Waals surface area contributed by atoms with Crippen molar-refractivity contribution in [2.45, 2.75) is 13.0 Å². The molecule has 3 aromatic heterocycles. The van der Waals surface area contributed by atoms with E-state index in [0.29, 0.717) is 18.1 Å². The Balaban J connectivity index is 1.40. The number of aryl methyl sites for hydroxylation is 1. The summed E-state index contributed by atoms with van der Waals surface area (Å²) in [5.41, 5.74) is 2.58. The number of carbonyl (C=O) groups excluding carboxylic acids is 1. The third-order valence-corrected chi connectivity index (χ3v) is 4.81. The molecule has 0 spiro atoms. The largest absolute Gasteiger partial charge is 0.444 e. The zero-order chi connectivity index (χ0) is 17.2. The summed E-state index contributed by atoms with van der Waals surface area (Å²) in [4.78, 5) is 22.0. The lowest BCUT2D eigenvalue weighted by atomic mass is 10.3. The van der Waals surface area contributed by atoms with Crippen LogP contribution in [0.1, 0.15) is 11.5 Å². The molecule has 0 atom stereocenters. The molecule has 0 fully saturated rings. The Morgan fingerprint density at radius 1 is 1.24 bits per heavy atom. The Bertz CT molecular complexity index is 1020. The summed E-state index contributed by atoms with van der Waals surface area (Å²) in [5.74, 6) is 1.25. The monoisotopic (exact) mass is 352 g/mol. The maximum absolute atomic E-state index is 12.2. The predicted octanol–water partition coefficient (Wildman–Crippen LogP) is 3.15. The molecule has 0 saturated carbocycles. The summed E-state index contributed by atoms with van der Waals surface area (Å²) in [6, 6.07) is 11.8. The summed E-state index contributed by atoms with van der Waals surface area (Å²) in [6.45, 7) is 0.375. The maximum atomic E-state index is 12.2. The second-order valence-electron chi connectivity index (χ2n) is 5.65. The number of nitrogens with zero attached hydrogens (tertiary/aromatic N) is 3. The van der Waals surface area contributed by atoms with E-state index < -0.39 is 0 Å². The lowest BCUT2D eigenvalue weighted by Crippen LogP contribution is -2.26. The number of aromatic nitrogens is 3. The highest BCUT2D eigenvalue weighted by Gasteiger charge is 2.12. The van der Waals surface area contributed by atoms with E-state index in [2.05, 4.69) is 15.3 Å². The number of carbonyl (C=O) groups is 1. The summed E-state index contributed by atoms with van der Waals surface area (Å²) in [6.07, 6.45) is 1.71. The molecule has 4 aromatic rings. The van der Waals surface area contributed by atoms with E-state index in [1.807, 2.05) is 53.4 Å². The normalized spacial score (nSPS) is 11.1. The molecule has 0 bridgehead atoms. The van der Waals surface area contributed by atoms with Crippen LogP contribution in [0, 0.1) is 0 Å². The molecule has 126 valence electrons. The number of amides is 1. The molecule has 0 aliphatic carbocycles. The molecule has 0 radical (unpaired) electrons. The van der Waals surface area contributed by atoms with Gasteiger partial charge in [-0.05, 0) is 23.6 Å². The topological polar surface area (TPSA) is 73.0 Å². The van der Waals surface area contributed by atoms with Crippen molar-refractivity contribution in [1.29, 1.82) is 0 Å². The van der Waals surface area contributed by atoms with Gasteiger partial charge < -0.3 is 14.3 Å². The standard InChI is InChI=1S/C18H16N4O2S/c1-22-14-6-3-2-5-13(14)21-16(22)10-19-17(23)9-12-11-24-18(20-12)15-7-4-8-25-15/h2-8,11H,9-10H2,1H3,(H,19,23). The number of benzene rings is 1. The Morgan fingerprint density at radius 3 is 2.92 bits per heavy atom. The second kappa shape index (κ2) is 6.52. The molecule has 4 rings (SSSR count). The van der Waals surface area contributed by atoms with Crippen molar-refractivity contribution < 1.29 is 9.21 Å². The smallest absolute Gasteiger partial charge is 0.236 e. The first-order valence-electron chi connectivity index (χ1n) is 7.86. The second-order valence-corrected chi connectivity index (χ2v) is 6.60. The van der Waals surface area contributed by atoms with Crippen LogP contribution in [-0.4, -0.2) is 20.4 Å². The molecule has 7 heteroatoms. The molecular formula is C18H16N4O2S. The fourth-order valence-corrected chi connectivity index (χ4v) is 3.32. The minimum atomic E-state index is -0.113. The van der Waals surface area contributed by atoms with Crippen LogP contribution in [-0.2, 0) is 24.8 Å². The van der Waals surface area contributed by atoms with E-state index in [-0.39, 0.29) is 12.3 Å². The van der Waals surface area contributed by atoms with Gasteiger partial charge in [0.15, 0.2) is 0 Å². The van der Waals surface area contributed by atoms with E-state index in [9.17, 15) is 4.79 Å². The van der Waals surface area contributed by atoms with Gasteiger partial charge in [-0.15, -0.1) is 11.3 Å². The number of hydrogen-bond acceptors (Lipinski definition) is 5. The Labute approximate surface area is 148 Å². The van der Waals surface area contributed by atoms with E-state index >= 15 is 0 Å². The van der Waals surface area contributed by atoms with Crippen molar-refractivity contribution in [1.82, 2.24) is 19.9 Å². The maximum Gasteiger partial charge on any atom is 0.236 e. The highest BCUT2D eigenvalue weighted by molar-refractivity contribution is 7.13. The van der Waals surface area contributed by atoms with Crippen LogP contribution < -0.4 is 5.32 Å². The van der Waals surface area contributed by atoms with Crippen LogP contribution in [0.3, 0.4) is 0 Å². The Kier molecular flexibility index (Phi) is 4.07. The van der Waals surface area contributed by atoms with E-state index in [1.54, 1.807) is 11.3 Å². The minimum Gasteiger partial charge on any atom is -0.444 e. The number of rotatable bonds is 5. The lowest BCUT2D eigenvalue weighted by molar-refractivity contribution is -0.120. The van der Waals surface area contributed by atoms with Gasteiger partial charge in [-0.25, -0.2) is 9.97 Å². The summed E-state index contributed by atoms with van der Waals surface area (Å²) < 4.78 is 7.42. The van der Waals surface area contributed by atoms with Crippen molar-refractivity contribution in [3.8, 4) is 10.8 Å². The van der Waals surface area contributed by atoms with Crippen molar-refractivity contribution >= 4 is 28.3 Å². The first-order chi connectivity index (χ1) is 12.2. The van der Waals surface area contributed by atoms with Gasteiger partial charge in [-0.3, -0.25) is 4.79 Å². The number of oxazole rings is 1. The van der Waals surface area contributed by atoms with Crippen LogP contribution in [0.4, 0.5) is 0 Å². The zero-order valence-corrected chi connectivity index (χ0v) is 14.4. The highest BCUT2D eigenvalue weighted by Crippen LogP contribution is 2.23. The summed E-state index contributed by atoms with van der Waals surface area (Å²) >= 11 is 1.55. The number of nitrogens with one attached hydrogen (secondary N) is 1. The van der Waals surface area contributed by atoms with Gasteiger partial charge in [0.05, 0.1) is 34.6 Å². The average molecular weight is 352 g/mol. The molecule has 0 unspecified atom stereocenters. The zero-order valence-electron chi connectivity index (χ0n) is 13.6. The summed E-state index contributed by atoms with van der Waals surface area (Å²) in [5, 5.41) is 4.85. The number of para-hydroxylation sites is 2. The van der Waals surface area contributed by atoms with Gasteiger partial charge in [0, 0.05) is 7.05 Å². The third-order valence-electron chi connectivity index (χ3n) is 3.95. The first kappa shape index (κ1) is 15.6. The average Bonchev–Trinajstić information content (AvgIpc) is 3.34. The number of imidazole rings is 1. The van der Waals surface area contributed by atoms with Gasteiger partial charge in [0.2, 0.25) is 11.8 Å². The number of thiophene rings is 1. The van der Waals surface area contributed by atoms with E-state index in [4.69, 9.17) is 4.42 Å². The van der Waals surface area contributed by atoms with Gasteiger partial charge in [-0.2, -0.15) is 0 Å². The quantitative estimate of drug-likeness (QED) is 0.599. The predicted molar refractivity (Wildman–Crippen MR) is 96.1 cm³/mol. The van der Waals surface area contributed by atoms with Crippen molar-refractivity contribution in [2.75, 3.05) is 0 Å². The van der Waals surface area contributed by atoms with Crippen molar-refractivity contribution in [3.63, 3.8) is 0 Å². The highest BCUT2D eigenvalue weighted by atomic mass is 32.1. The fourth-order valence-electron chi connectivity index (χ4n) is 2.66. The molecule has 25 heavy (non-hydrogen) atoms. The molecule has 6 nitrogen and oxygen atoms in total. The van der Waals surface area contributed by atoms with Crippen LogP contribution in [0.15, 0.2) is 52.5 Å². The summed E-state index contributed by atoms with van der Waals surface area (Å²) in [7, 11) is 1.95. The minimum absolute atomic E-state index is 0.113. The molecule has 0 saturated heterocycles. The third kappa shape index (κ3) is 3.18. The van der Waals surface area contributed by atoms with Crippen LogP contribution in [0.5, 0.6) is 0 Å². The Morgan fingerprint density at radius 2 is 2.12 bits per heavy atom. The van der Waals surface area contributed by atoms with Gasteiger partial charge in [0.25, 0.3) is 0 Å². The van der Waals surface area contributed by atoms with Gasteiger partial charge in [-0.1, -0.05) is 18.2 Å². The molecule has 1 amide bonds. The molecule has 1 N–H and O–H groups in total. The lowest BCUT2D eigenvalue weighted by Gasteiger charge is -2.04.